The van der Waals surface area contributed by atoms with E-state index in [0.29, 0.717) is 29.1 Å². The van der Waals surface area contributed by atoms with Crippen LogP contribution in [0.1, 0.15) is 59.7 Å². The summed E-state index contributed by atoms with van der Waals surface area (Å²) in [5, 5.41) is 10.3. The third-order valence-corrected chi connectivity index (χ3v) is 4.94. The monoisotopic (exact) mass is 398 g/mol. The van der Waals surface area contributed by atoms with E-state index in [4.69, 9.17) is 16.2 Å². The minimum Gasteiger partial charge on any atom is -0.462 e. The molecule has 0 saturated heterocycles. The molecule has 0 radical (unpaired) electrons. The van der Waals surface area contributed by atoms with Gasteiger partial charge in [-0.2, -0.15) is 0 Å². The predicted molar refractivity (Wildman–Crippen MR) is 115 cm³/mol. The van der Waals surface area contributed by atoms with Crippen LogP contribution in [-0.4, -0.2) is 29.6 Å². The zero-order valence-corrected chi connectivity index (χ0v) is 16.8. The van der Waals surface area contributed by atoms with Crippen molar-refractivity contribution >= 4 is 23.1 Å². The number of nitrogens with two attached hydrogens (primary N) is 2. The number of ether oxygens (including phenoxy) is 1. The molecule has 0 spiro atoms. The number of ketones is 1. The zero-order chi connectivity index (χ0) is 21.2. The van der Waals surface area contributed by atoms with Crippen molar-refractivity contribution in [3.8, 4) is 0 Å². The first kappa shape index (κ1) is 22.4. The fourth-order valence-electron chi connectivity index (χ4n) is 3.02. The summed E-state index contributed by atoms with van der Waals surface area (Å²) in [6.45, 7) is 2.26. The molecule has 0 aliphatic rings. The SMILES string of the molecule is CC(CCCCCCOC(=O)c1ccc(N)cc1)C(O)C(=O)c1ccc(N)cc1. The molecular formula is C23H30N2O4. The van der Waals surface area contributed by atoms with E-state index in [1.807, 2.05) is 6.92 Å². The van der Waals surface area contributed by atoms with E-state index in [1.54, 1.807) is 48.5 Å². The molecular weight excluding hydrogens is 368 g/mol. The third kappa shape index (κ3) is 7.23. The Bertz CT molecular complexity index is 788. The van der Waals surface area contributed by atoms with Gasteiger partial charge in [-0.15, -0.1) is 0 Å². The van der Waals surface area contributed by atoms with E-state index in [2.05, 4.69) is 0 Å². The van der Waals surface area contributed by atoms with Gasteiger partial charge in [0, 0.05) is 16.9 Å². The van der Waals surface area contributed by atoms with Gasteiger partial charge in [0.25, 0.3) is 0 Å². The van der Waals surface area contributed by atoms with E-state index in [9.17, 15) is 14.7 Å². The standard InChI is InChI=1S/C23H30N2O4/c1-16(21(26)22(27)17-7-11-19(24)12-8-17)6-4-2-3-5-15-29-23(28)18-9-13-20(25)14-10-18/h7-14,16,21,26H,2-6,15,24-25H2,1H3. The summed E-state index contributed by atoms with van der Waals surface area (Å²) in [5.74, 6) is -0.738. The van der Waals surface area contributed by atoms with Crippen LogP contribution in [0, 0.1) is 5.92 Å². The van der Waals surface area contributed by atoms with Gasteiger partial charge in [0.1, 0.15) is 6.10 Å². The van der Waals surface area contributed by atoms with Gasteiger partial charge in [0.2, 0.25) is 0 Å². The number of carbonyl (C=O) groups is 2. The van der Waals surface area contributed by atoms with Crippen molar-refractivity contribution in [1.29, 1.82) is 0 Å². The smallest absolute Gasteiger partial charge is 0.338 e. The summed E-state index contributed by atoms with van der Waals surface area (Å²) in [6, 6.07) is 13.2. The van der Waals surface area contributed by atoms with Gasteiger partial charge in [0.15, 0.2) is 5.78 Å². The third-order valence-electron chi connectivity index (χ3n) is 4.94. The summed E-state index contributed by atoms with van der Waals surface area (Å²) in [4.78, 5) is 24.2. The Labute approximate surface area is 171 Å². The zero-order valence-electron chi connectivity index (χ0n) is 16.8. The lowest BCUT2D eigenvalue weighted by atomic mass is 9.92. The second kappa shape index (κ2) is 11.2. The largest absolute Gasteiger partial charge is 0.462 e. The summed E-state index contributed by atoms with van der Waals surface area (Å²) >= 11 is 0. The number of anilines is 2. The highest BCUT2D eigenvalue weighted by Crippen LogP contribution is 2.18. The van der Waals surface area contributed by atoms with Crippen molar-refractivity contribution in [3.05, 3.63) is 59.7 Å². The topological polar surface area (TPSA) is 116 Å². The van der Waals surface area contributed by atoms with E-state index in [0.717, 1.165) is 32.1 Å². The second-order valence-corrected chi connectivity index (χ2v) is 7.37. The number of hydrogen-bond acceptors (Lipinski definition) is 6. The molecule has 0 saturated carbocycles. The maximum Gasteiger partial charge on any atom is 0.338 e. The Hall–Kier alpha value is -2.86. The van der Waals surface area contributed by atoms with Gasteiger partial charge in [0.05, 0.1) is 12.2 Å². The number of aliphatic hydroxyl groups is 1. The minimum absolute atomic E-state index is 0.122. The predicted octanol–water partition coefficient (Wildman–Crippen LogP) is 3.84. The van der Waals surface area contributed by atoms with Crippen molar-refractivity contribution < 1.29 is 19.4 Å². The fourth-order valence-corrected chi connectivity index (χ4v) is 3.02. The molecule has 0 aliphatic heterocycles. The highest BCUT2D eigenvalue weighted by Gasteiger charge is 2.23. The van der Waals surface area contributed by atoms with Crippen LogP contribution in [0.25, 0.3) is 0 Å². The number of aliphatic hydroxyl groups excluding tert-OH is 1. The van der Waals surface area contributed by atoms with Crippen molar-refractivity contribution in [2.24, 2.45) is 5.92 Å². The molecule has 0 aliphatic carbocycles. The molecule has 2 aromatic rings. The number of rotatable bonds is 11. The average molecular weight is 399 g/mol. The first-order valence-electron chi connectivity index (χ1n) is 9.99. The van der Waals surface area contributed by atoms with Crippen LogP contribution in [0.15, 0.2) is 48.5 Å². The lowest BCUT2D eigenvalue weighted by Gasteiger charge is -2.17. The molecule has 2 rings (SSSR count). The second-order valence-electron chi connectivity index (χ2n) is 7.37. The molecule has 2 atom stereocenters. The molecule has 156 valence electrons. The maximum atomic E-state index is 12.3. The average Bonchev–Trinajstić information content (AvgIpc) is 2.72. The Morgan fingerprint density at radius 3 is 1.97 bits per heavy atom. The number of Topliss-reactive ketones (excluding diaryl/α,β-unsaturated/α-hetero) is 1. The highest BCUT2D eigenvalue weighted by molar-refractivity contribution is 5.99. The molecule has 6 heteroatoms. The van der Waals surface area contributed by atoms with Gasteiger partial charge in [-0.1, -0.05) is 26.2 Å². The lowest BCUT2D eigenvalue weighted by molar-refractivity contribution is 0.0497. The van der Waals surface area contributed by atoms with E-state index in [1.165, 1.54) is 0 Å². The first-order chi connectivity index (χ1) is 13.9. The van der Waals surface area contributed by atoms with Crippen molar-refractivity contribution in [2.45, 2.75) is 45.1 Å². The van der Waals surface area contributed by atoms with Gasteiger partial charge in [-0.05, 0) is 67.3 Å². The summed E-state index contributed by atoms with van der Waals surface area (Å²) in [7, 11) is 0. The molecule has 2 aromatic carbocycles. The van der Waals surface area contributed by atoms with E-state index < -0.39 is 6.10 Å². The molecule has 0 aromatic heterocycles. The van der Waals surface area contributed by atoms with Crippen LogP contribution in [0.3, 0.4) is 0 Å². The summed E-state index contributed by atoms with van der Waals surface area (Å²) < 4.78 is 5.25. The molecule has 0 fully saturated rings. The Morgan fingerprint density at radius 1 is 0.862 bits per heavy atom. The number of hydrogen-bond donors (Lipinski definition) is 3. The molecule has 5 N–H and O–H groups in total. The molecule has 2 unspecified atom stereocenters. The van der Waals surface area contributed by atoms with E-state index >= 15 is 0 Å². The molecule has 0 amide bonds. The molecule has 0 bridgehead atoms. The molecule has 29 heavy (non-hydrogen) atoms. The Morgan fingerprint density at radius 2 is 1.38 bits per heavy atom. The minimum atomic E-state index is -1.01. The number of esters is 1. The van der Waals surface area contributed by atoms with Crippen molar-refractivity contribution in [2.75, 3.05) is 18.1 Å². The van der Waals surface area contributed by atoms with Gasteiger partial charge < -0.3 is 21.3 Å². The molecule has 0 heterocycles. The van der Waals surface area contributed by atoms with Crippen LogP contribution in [0.5, 0.6) is 0 Å². The van der Waals surface area contributed by atoms with Crippen molar-refractivity contribution in [1.82, 2.24) is 0 Å². The van der Waals surface area contributed by atoms with Gasteiger partial charge in [-0.3, -0.25) is 4.79 Å². The number of carbonyl (C=O) groups excluding carboxylic acids is 2. The highest BCUT2D eigenvalue weighted by atomic mass is 16.5. The number of nitrogen functional groups attached to an aromatic ring is 2. The van der Waals surface area contributed by atoms with Crippen LogP contribution in [-0.2, 0) is 4.74 Å². The fraction of sp³-hybridized carbons (Fsp3) is 0.391. The van der Waals surface area contributed by atoms with Crippen LogP contribution in [0.2, 0.25) is 0 Å². The van der Waals surface area contributed by atoms with Gasteiger partial charge in [-0.25, -0.2) is 4.79 Å². The summed E-state index contributed by atoms with van der Waals surface area (Å²) in [5.41, 5.74) is 13.4. The number of unbranched alkanes of at least 4 members (excludes halogenated alkanes) is 3. The van der Waals surface area contributed by atoms with E-state index in [-0.39, 0.29) is 17.7 Å². The Kier molecular flexibility index (Phi) is 8.68. The Balaban J connectivity index is 1.59. The lowest BCUT2D eigenvalue weighted by Crippen LogP contribution is -2.28. The van der Waals surface area contributed by atoms with Crippen LogP contribution in [0.4, 0.5) is 11.4 Å². The molecule has 6 nitrogen and oxygen atoms in total. The normalized spacial score (nSPS) is 12.9. The quantitative estimate of drug-likeness (QED) is 0.229. The van der Waals surface area contributed by atoms with Gasteiger partial charge >= 0.3 is 5.97 Å². The first-order valence-corrected chi connectivity index (χ1v) is 9.99. The van der Waals surface area contributed by atoms with Crippen molar-refractivity contribution in [3.63, 3.8) is 0 Å². The maximum absolute atomic E-state index is 12.3. The van der Waals surface area contributed by atoms with Crippen LogP contribution < -0.4 is 11.5 Å². The number of benzene rings is 2. The summed E-state index contributed by atoms with van der Waals surface area (Å²) in [6.07, 6.45) is 3.30. The van der Waals surface area contributed by atoms with Crippen LogP contribution >= 0.6 is 0 Å².